The third kappa shape index (κ3) is 3.57. The van der Waals surface area contributed by atoms with Gasteiger partial charge in [0, 0.05) is 24.5 Å². The first kappa shape index (κ1) is 17.2. The van der Waals surface area contributed by atoms with E-state index in [2.05, 4.69) is 4.90 Å². The van der Waals surface area contributed by atoms with E-state index in [-0.39, 0.29) is 23.3 Å². The molecule has 6 heteroatoms. The maximum Gasteiger partial charge on any atom is 0.234 e. The number of hydrogen-bond acceptors (Lipinski definition) is 3. The smallest absolute Gasteiger partial charge is 0.234 e. The van der Waals surface area contributed by atoms with Gasteiger partial charge in [-0.1, -0.05) is 23.7 Å². The van der Waals surface area contributed by atoms with Crippen LogP contribution in [0.4, 0.5) is 0 Å². The number of likely N-dealkylation sites (tertiary alicyclic amines) is 2. The van der Waals surface area contributed by atoms with E-state index < -0.39 is 0 Å². The highest BCUT2D eigenvalue weighted by Crippen LogP contribution is 2.41. The van der Waals surface area contributed by atoms with Crippen LogP contribution in [0.3, 0.4) is 0 Å². The van der Waals surface area contributed by atoms with E-state index in [4.69, 9.17) is 17.3 Å². The maximum atomic E-state index is 12.5. The fourth-order valence-corrected chi connectivity index (χ4v) is 3.96. The number of benzene rings is 1. The SMILES string of the molecule is C[C@@H](C(N)=O)N1CCC2(CC1)CC(=O)N(Cc1ccc(Cl)cc1)C2. The summed E-state index contributed by atoms with van der Waals surface area (Å²) in [5.41, 5.74) is 6.55. The maximum absolute atomic E-state index is 12.5. The van der Waals surface area contributed by atoms with E-state index in [0.717, 1.165) is 38.0 Å². The molecule has 0 aliphatic carbocycles. The molecule has 24 heavy (non-hydrogen) atoms. The molecular formula is C18H24ClN3O2. The summed E-state index contributed by atoms with van der Waals surface area (Å²) in [5.74, 6) is -0.0563. The molecule has 5 nitrogen and oxygen atoms in total. The van der Waals surface area contributed by atoms with Crippen molar-refractivity contribution in [2.75, 3.05) is 19.6 Å². The summed E-state index contributed by atoms with van der Waals surface area (Å²) in [7, 11) is 0. The standard InChI is InChI=1S/C18H24ClN3O2/c1-13(17(20)24)21-8-6-18(7-9-21)10-16(23)22(12-18)11-14-2-4-15(19)5-3-14/h2-5,13H,6-12H2,1H3,(H2,20,24)/t13-/m0/s1. The molecule has 2 N–H and O–H groups in total. The number of nitrogens with zero attached hydrogens (tertiary/aromatic N) is 2. The Morgan fingerprint density at radius 3 is 2.50 bits per heavy atom. The molecule has 1 spiro atoms. The quantitative estimate of drug-likeness (QED) is 0.904. The Morgan fingerprint density at radius 2 is 1.92 bits per heavy atom. The van der Waals surface area contributed by atoms with Gasteiger partial charge < -0.3 is 10.6 Å². The van der Waals surface area contributed by atoms with Gasteiger partial charge in [-0.15, -0.1) is 0 Å². The summed E-state index contributed by atoms with van der Waals surface area (Å²) < 4.78 is 0. The lowest BCUT2D eigenvalue weighted by Crippen LogP contribution is -2.49. The van der Waals surface area contributed by atoms with Gasteiger partial charge in [0.15, 0.2) is 0 Å². The number of carbonyl (C=O) groups is 2. The molecule has 130 valence electrons. The van der Waals surface area contributed by atoms with Crippen molar-refractivity contribution in [3.63, 3.8) is 0 Å². The minimum atomic E-state index is -0.280. The van der Waals surface area contributed by atoms with Crippen molar-refractivity contribution in [2.45, 2.75) is 38.8 Å². The van der Waals surface area contributed by atoms with Crippen LogP contribution >= 0.6 is 11.6 Å². The highest BCUT2D eigenvalue weighted by Gasteiger charge is 2.45. The summed E-state index contributed by atoms with van der Waals surface area (Å²) in [6.07, 6.45) is 2.49. The van der Waals surface area contributed by atoms with Gasteiger partial charge in [-0.3, -0.25) is 14.5 Å². The predicted molar refractivity (Wildman–Crippen MR) is 93.4 cm³/mol. The van der Waals surface area contributed by atoms with Crippen LogP contribution in [0.15, 0.2) is 24.3 Å². The topological polar surface area (TPSA) is 66.6 Å². The van der Waals surface area contributed by atoms with Gasteiger partial charge in [-0.05, 0) is 56.0 Å². The van der Waals surface area contributed by atoms with Gasteiger partial charge in [-0.25, -0.2) is 0 Å². The van der Waals surface area contributed by atoms with Crippen molar-refractivity contribution in [2.24, 2.45) is 11.1 Å². The Hall–Kier alpha value is -1.59. The molecule has 2 heterocycles. The van der Waals surface area contributed by atoms with E-state index >= 15 is 0 Å². The van der Waals surface area contributed by atoms with E-state index in [1.807, 2.05) is 36.1 Å². The molecule has 2 aliphatic heterocycles. The van der Waals surface area contributed by atoms with Gasteiger partial charge >= 0.3 is 0 Å². The lowest BCUT2D eigenvalue weighted by Gasteiger charge is -2.40. The third-order valence-corrected chi connectivity index (χ3v) is 5.76. The fraction of sp³-hybridized carbons (Fsp3) is 0.556. The van der Waals surface area contributed by atoms with E-state index in [9.17, 15) is 9.59 Å². The zero-order valence-electron chi connectivity index (χ0n) is 14.0. The molecule has 2 fully saturated rings. The number of rotatable bonds is 4. The molecule has 1 atom stereocenters. The second kappa shape index (κ2) is 6.73. The Morgan fingerprint density at radius 1 is 1.29 bits per heavy atom. The largest absolute Gasteiger partial charge is 0.368 e. The molecular weight excluding hydrogens is 326 g/mol. The van der Waals surface area contributed by atoms with Gasteiger partial charge in [0.25, 0.3) is 0 Å². The lowest BCUT2D eigenvalue weighted by molar-refractivity contribution is -0.128. The molecule has 0 unspecified atom stereocenters. The van der Waals surface area contributed by atoms with Crippen LogP contribution in [-0.2, 0) is 16.1 Å². The van der Waals surface area contributed by atoms with Crippen LogP contribution in [0, 0.1) is 5.41 Å². The Balaban J connectivity index is 1.60. The average Bonchev–Trinajstić information content (AvgIpc) is 2.85. The third-order valence-electron chi connectivity index (χ3n) is 5.51. The van der Waals surface area contributed by atoms with Crippen molar-refractivity contribution in [1.82, 2.24) is 9.80 Å². The molecule has 3 rings (SSSR count). The van der Waals surface area contributed by atoms with Crippen molar-refractivity contribution in [3.8, 4) is 0 Å². The first-order valence-corrected chi connectivity index (χ1v) is 8.82. The normalized spacial score (nSPS) is 22.1. The Bertz CT molecular complexity index is 624. The molecule has 0 saturated carbocycles. The molecule has 1 aromatic carbocycles. The van der Waals surface area contributed by atoms with Crippen LogP contribution in [0.25, 0.3) is 0 Å². The van der Waals surface area contributed by atoms with Crippen molar-refractivity contribution in [3.05, 3.63) is 34.9 Å². The van der Waals surface area contributed by atoms with E-state index in [0.29, 0.717) is 18.0 Å². The number of amides is 2. The molecule has 2 aliphatic rings. The number of carbonyl (C=O) groups excluding carboxylic acids is 2. The first-order valence-electron chi connectivity index (χ1n) is 8.44. The number of piperidine rings is 1. The monoisotopic (exact) mass is 349 g/mol. The number of nitrogens with two attached hydrogens (primary N) is 1. The zero-order chi connectivity index (χ0) is 17.3. The van der Waals surface area contributed by atoms with Gasteiger partial charge in [0.1, 0.15) is 0 Å². The van der Waals surface area contributed by atoms with E-state index in [1.54, 1.807) is 0 Å². The summed E-state index contributed by atoms with van der Waals surface area (Å²) in [5, 5.41) is 0.707. The minimum Gasteiger partial charge on any atom is -0.368 e. The molecule has 2 amide bonds. The number of halogens is 1. The Labute approximate surface area is 147 Å². The lowest BCUT2D eigenvalue weighted by atomic mass is 9.77. The van der Waals surface area contributed by atoms with Crippen LogP contribution in [0.5, 0.6) is 0 Å². The average molecular weight is 350 g/mol. The molecule has 2 saturated heterocycles. The number of hydrogen-bond donors (Lipinski definition) is 1. The Kier molecular flexibility index (Phi) is 4.83. The fourth-order valence-electron chi connectivity index (χ4n) is 3.84. The highest BCUT2D eigenvalue weighted by atomic mass is 35.5. The van der Waals surface area contributed by atoms with Gasteiger partial charge in [0.2, 0.25) is 11.8 Å². The van der Waals surface area contributed by atoms with Crippen molar-refractivity contribution < 1.29 is 9.59 Å². The second-order valence-corrected chi connectivity index (χ2v) is 7.60. The van der Waals surface area contributed by atoms with Crippen molar-refractivity contribution >= 4 is 23.4 Å². The second-order valence-electron chi connectivity index (χ2n) is 7.17. The zero-order valence-corrected chi connectivity index (χ0v) is 14.8. The predicted octanol–water partition coefficient (Wildman–Crippen LogP) is 2.03. The van der Waals surface area contributed by atoms with Gasteiger partial charge in [-0.2, -0.15) is 0 Å². The van der Waals surface area contributed by atoms with Gasteiger partial charge in [0.05, 0.1) is 6.04 Å². The molecule has 0 radical (unpaired) electrons. The summed E-state index contributed by atoms with van der Waals surface area (Å²) in [6, 6.07) is 7.42. The van der Waals surface area contributed by atoms with Crippen LogP contribution < -0.4 is 5.73 Å². The van der Waals surface area contributed by atoms with E-state index in [1.165, 1.54) is 0 Å². The molecule has 1 aromatic rings. The van der Waals surface area contributed by atoms with Crippen LogP contribution in [0.2, 0.25) is 5.02 Å². The summed E-state index contributed by atoms with van der Waals surface area (Å²) in [6.45, 7) is 4.94. The number of primary amides is 1. The van der Waals surface area contributed by atoms with Crippen LogP contribution in [0.1, 0.15) is 31.7 Å². The van der Waals surface area contributed by atoms with Crippen molar-refractivity contribution in [1.29, 1.82) is 0 Å². The summed E-state index contributed by atoms with van der Waals surface area (Å²) >= 11 is 5.92. The molecule has 0 bridgehead atoms. The van der Waals surface area contributed by atoms with Crippen LogP contribution in [-0.4, -0.2) is 47.3 Å². The minimum absolute atomic E-state index is 0.0530. The first-order chi connectivity index (χ1) is 11.4. The molecule has 0 aromatic heterocycles. The highest BCUT2D eigenvalue weighted by molar-refractivity contribution is 6.30. The summed E-state index contributed by atoms with van der Waals surface area (Å²) in [4.78, 5) is 27.9.